The first-order valence-corrected chi connectivity index (χ1v) is 7.90. The van der Waals surface area contributed by atoms with Crippen LogP contribution in [0.4, 0.5) is 0 Å². The van der Waals surface area contributed by atoms with Crippen LogP contribution in [-0.2, 0) is 4.74 Å². The molecule has 1 aliphatic carbocycles. The van der Waals surface area contributed by atoms with Gasteiger partial charge in [0.05, 0.1) is 6.10 Å². The molecule has 5 heteroatoms. The normalized spacial score (nSPS) is 25.6. The highest BCUT2D eigenvalue weighted by Crippen LogP contribution is 2.40. The minimum Gasteiger partial charge on any atom is -0.378 e. The zero-order chi connectivity index (χ0) is 12.4. The van der Waals surface area contributed by atoms with Crippen molar-refractivity contribution in [1.29, 1.82) is 0 Å². The Bertz CT molecular complexity index is 359. The van der Waals surface area contributed by atoms with Gasteiger partial charge in [-0.2, -0.15) is 0 Å². The zero-order valence-corrected chi connectivity index (χ0v) is 12.9. The molecule has 1 aromatic heterocycles. The first kappa shape index (κ1) is 13.8. The van der Waals surface area contributed by atoms with Crippen molar-refractivity contribution in [3.05, 3.63) is 19.8 Å². The lowest BCUT2D eigenvalue weighted by Crippen LogP contribution is -2.33. The van der Waals surface area contributed by atoms with Crippen molar-refractivity contribution in [2.24, 2.45) is 11.7 Å². The van der Waals surface area contributed by atoms with Gasteiger partial charge in [0.1, 0.15) is 4.34 Å². The van der Waals surface area contributed by atoms with E-state index in [4.69, 9.17) is 22.1 Å². The molecule has 1 atom stereocenters. The molecule has 1 fully saturated rings. The highest BCUT2D eigenvalue weighted by molar-refractivity contribution is 9.10. The summed E-state index contributed by atoms with van der Waals surface area (Å²) in [7, 11) is 0. The predicted octanol–water partition coefficient (Wildman–Crippen LogP) is 4.37. The fourth-order valence-electron chi connectivity index (χ4n) is 2.26. The van der Waals surface area contributed by atoms with Gasteiger partial charge in [-0.15, -0.1) is 11.3 Å². The van der Waals surface area contributed by atoms with Gasteiger partial charge in [-0.3, -0.25) is 0 Å². The molecule has 1 aliphatic rings. The Kier molecular flexibility index (Phi) is 4.89. The Morgan fingerprint density at radius 3 is 2.88 bits per heavy atom. The first-order valence-electron chi connectivity index (χ1n) is 5.92. The second kappa shape index (κ2) is 6.02. The highest BCUT2D eigenvalue weighted by atomic mass is 79.9. The van der Waals surface area contributed by atoms with Crippen LogP contribution in [0.2, 0.25) is 4.34 Å². The molecule has 1 heterocycles. The van der Waals surface area contributed by atoms with Gasteiger partial charge >= 0.3 is 0 Å². The molecule has 1 saturated carbocycles. The van der Waals surface area contributed by atoms with Gasteiger partial charge in [-0.1, -0.05) is 11.6 Å². The Labute approximate surface area is 120 Å². The minimum absolute atomic E-state index is 0.108. The average Bonchev–Trinajstić information content (AvgIpc) is 2.56. The third-order valence-corrected chi connectivity index (χ3v) is 5.82. The molecule has 0 spiro atoms. The van der Waals surface area contributed by atoms with E-state index in [1.54, 1.807) is 11.3 Å². The molecule has 2 N–H and O–H groups in total. The van der Waals surface area contributed by atoms with Crippen LogP contribution in [0.5, 0.6) is 0 Å². The quantitative estimate of drug-likeness (QED) is 0.865. The smallest absolute Gasteiger partial charge is 0.107 e. The molecule has 1 unspecified atom stereocenters. The van der Waals surface area contributed by atoms with Crippen LogP contribution in [-0.4, -0.2) is 12.7 Å². The van der Waals surface area contributed by atoms with Crippen molar-refractivity contribution in [2.75, 3.05) is 6.61 Å². The minimum atomic E-state index is 0.108. The SMILES string of the molecule is CCOC1CC(CC(N)c2cc(Br)c(Cl)s2)C1. The standard InChI is InChI=1S/C12H17BrClNOS/c1-2-16-8-3-7(4-8)5-10(15)11-6-9(13)12(14)17-11/h6-8,10H,2-5,15H2,1H3. The van der Waals surface area contributed by atoms with E-state index in [1.807, 2.05) is 13.0 Å². The van der Waals surface area contributed by atoms with Crippen LogP contribution in [0, 0.1) is 5.92 Å². The zero-order valence-electron chi connectivity index (χ0n) is 9.79. The summed E-state index contributed by atoms with van der Waals surface area (Å²) in [5.41, 5.74) is 6.20. The maximum absolute atomic E-state index is 6.20. The lowest BCUT2D eigenvalue weighted by Gasteiger charge is -2.36. The van der Waals surface area contributed by atoms with Gasteiger partial charge in [0.15, 0.2) is 0 Å². The number of hydrogen-bond acceptors (Lipinski definition) is 3. The molecule has 2 nitrogen and oxygen atoms in total. The lowest BCUT2D eigenvalue weighted by atomic mass is 9.78. The van der Waals surface area contributed by atoms with Crippen LogP contribution in [0.1, 0.15) is 37.1 Å². The largest absolute Gasteiger partial charge is 0.378 e. The predicted molar refractivity (Wildman–Crippen MR) is 76.7 cm³/mol. The molecule has 0 aliphatic heterocycles. The van der Waals surface area contributed by atoms with Crippen LogP contribution in [0.25, 0.3) is 0 Å². The Balaban J connectivity index is 1.80. The second-order valence-electron chi connectivity index (χ2n) is 4.53. The van der Waals surface area contributed by atoms with E-state index in [2.05, 4.69) is 15.9 Å². The Hall–Kier alpha value is 0.390. The van der Waals surface area contributed by atoms with E-state index < -0.39 is 0 Å². The number of halogens is 2. The molecule has 0 saturated heterocycles. The summed E-state index contributed by atoms with van der Waals surface area (Å²) in [4.78, 5) is 1.17. The van der Waals surface area contributed by atoms with E-state index >= 15 is 0 Å². The summed E-state index contributed by atoms with van der Waals surface area (Å²) in [5, 5.41) is 0. The van der Waals surface area contributed by atoms with Crippen LogP contribution >= 0.6 is 38.9 Å². The highest BCUT2D eigenvalue weighted by Gasteiger charge is 2.31. The molecule has 0 bridgehead atoms. The molecular weight excluding hydrogens is 322 g/mol. The number of ether oxygens (including phenoxy) is 1. The molecular formula is C12H17BrClNOS. The maximum atomic E-state index is 6.20. The summed E-state index contributed by atoms with van der Waals surface area (Å²) in [6, 6.07) is 2.15. The summed E-state index contributed by atoms with van der Waals surface area (Å²) >= 11 is 11.0. The van der Waals surface area contributed by atoms with Crippen LogP contribution in [0.15, 0.2) is 10.5 Å². The van der Waals surface area contributed by atoms with Crippen molar-refractivity contribution >= 4 is 38.9 Å². The number of rotatable bonds is 5. The van der Waals surface area contributed by atoms with Gasteiger partial charge in [-0.05, 0) is 54.1 Å². The monoisotopic (exact) mass is 337 g/mol. The summed E-state index contributed by atoms with van der Waals surface area (Å²) < 4.78 is 7.29. The van der Waals surface area contributed by atoms with E-state index in [0.29, 0.717) is 12.0 Å². The van der Waals surface area contributed by atoms with Crippen molar-refractivity contribution < 1.29 is 4.74 Å². The summed E-state index contributed by atoms with van der Waals surface area (Å²) in [6.45, 7) is 2.86. The molecule has 0 aromatic carbocycles. The third kappa shape index (κ3) is 3.44. The van der Waals surface area contributed by atoms with E-state index in [9.17, 15) is 0 Å². The van der Waals surface area contributed by atoms with Crippen molar-refractivity contribution in [1.82, 2.24) is 0 Å². The van der Waals surface area contributed by atoms with E-state index in [0.717, 1.165) is 34.7 Å². The number of nitrogens with two attached hydrogens (primary N) is 1. The lowest BCUT2D eigenvalue weighted by molar-refractivity contribution is -0.0281. The van der Waals surface area contributed by atoms with Crippen LogP contribution < -0.4 is 5.73 Å². The van der Waals surface area contributed by atoms with E-state index in [-0.39, 0.29) is 6.04 Å². The third-order valence-electron chi connectivity index (χ3n) is 3.21. The Morgan fingerprint density at radius 1 is 1.65 bits per heavy atom. The summed E-state index contributed by atoms with van der Waals surface area (Å²) in [6.07, 6.45) is 3.81. The average molecular weight is 339 g/mol. The number of thiophene rings is 1. The molecule has 17 heavy (non-hydrogen) atoms. The molecule has 96 valence electrons. The molecule has 0 radical (unpaired) electrons. The fraction of sp³-hybridized carbons (Fsp3) is 0.667. The number of hydrogen-bond donors (Lipinski definition) is 1. The van der Waals surface area contributed by atoms with Gasteiger partial charge < -0.3 is 10.5 Å². The van der Waals surface area contributed by atoms with Gasteiger partial charge in [0.2, 0.25) is 0 Å². The molecule has 1 aromatic rings. The van der Waals surface area contributed by atoms with Crippen molar-refractivity contribution in [3.8, 4) is 0 Å². The second-order valence-corrected chi connectivity index (χ2v) is 7.07. The van der Waals surface area contributed by atoms with Crippen LogP contribution in [0.3, 0.4) is 0 Å². The van der Waals surface area contributed by atoms with Gasteiger partial charge in [-0.25, -0.2) is 0 Å². The van der Waals surface area contributed by atoms with Gasteiger partial charge in [0, 0.05) is 22.0 Å². The summed E-state index contributed by atoms with van der Waals surface area (Å²) in [5.74, 6) is 0.709. The Morgan fingerprint density at radius 2 is 2.35 bits per heavy atom. The van der Waals surface area contributed by atoms with Crippen molar-refractivity contribution in [2.45, 2.75) is 38.3 Å². The van der Waals surface area contributed by atoms with E-state index in [1.165, 1.54) is 4.88 Å². The molecule has 0 amide bonds. The van der Waals surface area contributed by atoms with Gasteiger partial charge in [0.25, 0.3) is 0 Å². The van der Waals surface area contributed by atoms with Crippen molar-refractivity contribution in [3.63, 3.8) is 0 Å². The molecule has 2 rings (SSSR count). The first-order chi connectivity index (χ1) is 8.10. The topological polar surface area (TPSA) is 35.2 Å². The maximum Gasteiger partial charge on any atom is 0.107 e. The fourth-order valence-corrected chi connectivity index (χ4v) is 4.01.